The van der Waals surface area contributed by atoms with Crippen LogP contribution in [0.2, 0.25) is 0 Å². The van der Waals surface area contributed by atoms with Gasteiger partial charge in [-0.3, -0.25) is 4.79 Å². The summed E-state index contributed by atoms with van der Waals surface area (Å²) in [6.07, 6.45) is 4.04. The highest BCUT2D eigenvalue weighted by atomic mass is 32.2. The predicted octanol–water partition coefficient (Wildman–Crippen LogP) is 2.78. The number of rotatable bonds is 2. The first-order valence-corrected chi connectivity index (χ1v) is 7.12. The third kappa shape index (κ3) is 0.835. The van der Waals surface area contributed by atoms with Gasteiger partial charge in [-0.05, 0) is 41.9 Å². The summed E-state index contributed by atoms with van der Waals surface area (Å²) in [7, 11) is 0. The van der Waals surface area contributed by atoms with Gasteiger partial charge in [0.25, 0.3) is 0 Å². The van der Waals surface area contributed by atoms with Crippen molar-refractivity contribution in [2.45, 2.75) is 9.64 Å². The first-order valence-electron chi connectivity index (χ1n) is 6.31. The lowest BCUT2D eigenvalue weighted by molar-refractivity contribution is -0.116. The SMILES string of the molecule is O=C1C=C[C@@H]2C3[C@@H]4C([C@H]34)[C@]12Sc1ccccc1. The molecule has 0 radical (unpaired) electrons. The van der Waals surface area contributed by atoms with Crippen LogP contribution in [-0.4, -0.2) is 10.5 Å². The second-order valence-electron chi connectivity index (χ2n) is 5.72. The van der Waals surface area contributed by atoms with Crippen molar-refractivity contribution in [2.24, 2.45) is 29.6 Å². The van der Waals surface area contributed by atoms with E-state index in [1.54, 1.807) is 0 Å². The van der Waals surface area contributed by atoms with E-state index in [0.717, 1.165) is 17.8 Å². The van der Waals surface area contributed by atoms with Gasteiger partial charge in [0.1, 0.15) is 0 Å². The summed E-state index contributed by atoms with van der Waals surface area (Å²) in [5, 5.41) is 0. The number of hydrogen-bond donors (Lipinski definition) is 0. The van der Waals surface area contributed by atoms with Crippen molar-refractivity contribution in [2.75, 3.05) is 0 Å². The Morgan fingerprint density at radius 2 is 1.82 bits per heavy atom. The Bertz CT molecular complexity index is 554. The maximum absolute atomic E-state index is 12.3. The van der Waals surface area contributed by atoms with Gasteiger partial charge in [-0.25, -0.2) is 0 Å². The number of thioether (sulfide) groups is 1. The van der Waals surface area contributed by atoms with Crippen LogP contribution in [0.5, 0.6) is 0 Å². The van der Waals surface area contributed by atoms with Gasteiger partial charge in [0.2, 0.25) is 0 Å². The number of carbonyl (C=O) groups is 1. The van der Waals surface area contributed by atoms with E-state index in [2.05, 4.69) is 30.3 Å². The fourth-order valence-electron chi connectivity index (χ4n) is 4.43. The second-order valence-corrected chi connectivity index (χ2v) is 7.07. The summed E-state index contributed by atoms with van der Waals surface area (Å²) in [6.45, 7) is 0. The van der Waals surface area contributed by atoms with E-state index in [-0.39, 0.29) is 4.75 Å². The molecule has 0 heterocycles. The average molecular weight is 240 g/mol. The van der Waals surface area contributed by atoms with E-state index >= 15 is 0 Å². The fourth-order valence-corrected chi connectivity index (χ4v) is 6.10. The van der Waals surface area contributed by atoms with Crippen LogP contribution in [0.4, 0.5) is 0 Å². The highest BCUT2D eigenvalue weighted by Crippen LogP contribution is 2.90. The van der Waals surface area contributed by atoms with Gasteiger partial charge in [-0.2, -0.15) is 0 Å². The third-order valence-corrected chi connectivity index (χ3v) is 6.75. The molecule has 4 saturated carbocycles. The minimum absolute atomic E-state index is 0.0959. The van der Waals surface area contributed by atoms with Crippen molar-refractivity contribution in [3.63, 3.8) is 0 Å². The summed E-state index contributed by atoms with van der Waals surface area (Å²) in [4.78, 5) is 13.6. The Morgan fingerprint density at radius 1 is 1.06 bits per heavy atom. The molecule has 4 fully saturated rings. The molecule has 2 bridgehead atoms. The van der Waals surface area contributed by atoms with E-state index in [4.69, 9.17) is 0 Å². The monoisotopic (exact) mass is 240 g/mol. The molecule has 5 aliphatic carbocycles. The number of carbonyl (C=O) groups excluding carboxylic acids is 1. The lowest BCUT2D eigenvalue weighted by Gasteiger charge is -2.27. The summed E-state index contributed by atoms with van der Waals surface area (Å²) in [5.74, 6) is 4.30. The molecule has 2 unspecified atom stereocenters. The molecular weight excluding hydrogens is 228 g/mol. The normalized spacial score (nSPS) is 51.3. The second kappa shape index (κ2) is 2.54. The summed E-state index contributed by atoms with van der Waals surface area (Å²) in [5.41, 5.74) is 0. The lowest BCUT2D eigenvalue weighted by Crippen LogP contribution is -2.35. The van der Waals surface area contributed by atoms with Crippen LogP contribution in [0, 0.1) is 29.6 Å². The van der Waals surface area contributed by atoms with Gasteiger partial charge >= 0.3 is 0 Å². The first kappa shape index (κ1) is 8.98. The van der Waals surface area contributed by atoms with E-state index in [1.807, 2.05) is 23.9 Å². The van der Waals surface area contributed by atoms with Crippen molar-refractivity contribution in [3.8, 4) is 0 Å². The smallest absolute Gasteiger partial charge is 0.172 e. The van der Waals surface area contributed by atoms with Crippen LogP contribution in [0.25, 0.3) is 0 Å². The standard InChI is InChI=1S/C15H12OS/c16-10-7-6-9-11-12-13(11)14(12)15(9,10)17-8-4-2-1-3-5-8/h1-7,9,11-14H/t9-,11?,12-,13+,14?,15-/m1/s1. The highest BCUT2D eigenvalue weighted by molar-refractivity contribution is 8.01. The minimum Gasteiger partial charge on any atom is -0.293 e. The Kier molecular flexibility index (Phi) is 1.34. The lowest BCUT2D eigenvalue weighted by atomic mass is 9.98. The van der Waals surface area contributed by atoms with Crippen molar-refractivity contribution in [1.29, 1.82) is 0 Å². The van der Waals surface area contributed by atoms with Crippen LogP contribution in [0.1, 0.15) is 0 Å². The van der Waals surface area contributed by atoms with Crippen LogP contribution in [-0.2, 0) is 4.79 Å². The topological polar surface area (TPSA) is 17.1 Å². The Hall–Kier alpha value is -1.02. The van der Waals surface area contributed by atoms with E-state index in [1.165, 1.54) is 4.90 Å². The number of benzene rings is 1. The fraction of sp³-hybridized carbons (Fsp3) is 0.400. The van der Waals surface area contributed by atoms with Gasteiger partial charge in [-0.1, -0.05) is 24.3 Å². The van der Waals surface area contributed by atoms with Gasteiger partial charge in [-0.15, -0.1) is 11.8 Å². The molecule has 0 spiro atoms. The third-order valence-electron chi connectivity index (χ3n) is 5.16. The number of hydrogen-bond acceptors (Lipinski definition) is 2. The minimum atomic E-state index is -0.0959. The molecule has 6 rings (SSSR count). The molecule has 2 heteroatoms. The molecule has 0 aliphatic heterocycles. The van der Waals surface area contributed by atoms with E-state index in [0.29, 0.717) is 17.6 Å². The maximum atomic E-state index is 12.3. The maximum Gasteiger partial charge on any atom is 0.172 e. The summed E-state index contributed by atoms with van der Waals surface area (Å²) < 4.78 is -0.0959. The summed E-state index contributed by atoms with van der Waals surface area (Å²) >= 11 is 1.84. The molecule has 1 nitrogen and oxygen atoms in total. The van der Waals surface area contributed by atoms with Crippen molar-refractivity contribution in [3.05, 3.63) is 42.5 Å². The van der Waals surface area contributed by atoms with Crippen LogP contribution >= 0.6 is 11.8 Å². The summed E-state index contributed by atoms with van der Waals surface area (Å²) in [6, 6.07) is 10.4. The predicted molar refractivity (Wildman–Crippen MR) is 66.6 cm³/mol. The largest absolute Gasteiger partial charge is 0.293 e. The van der Waals surface area contributed by atoms with Gasteiger partial charge in [0.05, 0.1) is 4.75 Å². The van der Waals surface area contributed by atoms with E-state index < -0.39 is 0 Å². The molecule has 0 aromatic heterocycles. The van der Waals surface area contributed by atoms with Gasteiger partial charge in [0, 0.05) is 10.8 Å². The van der Waals surface area contributed by atoms with Crippen molar-refractivity contribution >= 4 is 17.5 Å². The zero-order valence-corrected chi connectivity index (χ0v) is 10.1. The molecule has 0 saturated heterocycles. The zero-order chi connectivity index (χ0) is 11.2. The van der Waals surface area contributed by atoms with E-state index in [9.17, 15) is 4.79 Å². The van der Waals surface area contributed by atoms with Crippen molar-refractivity contribution in [1.82, 2.24) is 0 Å². The van der Waals surface area contributed by atoms with Crippen LogP contribution in [0.15, 0.2) is 47.4 Å². The Balaban J connectivity index is 1.59. The first-order chi connectivity index (χ1) is 8.34. The molecule has 0 amide bonds. The zero-order valence-electron chi connectivity index (χ0n) is 9.24. The Labute approximate surface area is 104 Å². The van der Waals surface area contributed by atoms with Gasteiger partial charge in [0.15, 0.2) is 5.78 Å². The van der Waals surface area contributed by atoms with Crippen molar-refractivity contribution < 1.29 is 4.79 Å². The molecule has 1 aromatic rings. The van der Waals surface area contributed by atoms with Crippen LogP contribution in [0.3, 0.4) is 0 Å². The Morgan fingerprint density at radius 3 is 2.59 bits per heavy atom. The molecule has 0 N–H and O–H groups in total. The highest BCUT2D eigenvalue weighted by Gasteiger charge is 2.90. The molecule has 5 aliphatic rings. The quantitative estimate of drug-likeness (QED) is 0.790. The molecule has 1 aromatic carbocycles. The molecule has 6 atom stereocenters. The van der Waals surface area contributed by atoms with Crippen LogP contribution < -0.4 is 0 Å². The molecular formula is C15H12OS. The molecule has 84 valence electrons. The average Bonchev–Trinajstić information content (AvgIpc) is 3.15. The van der Waals surface area contributed by atoms with Gasteiger partial charge < -0.3 is 0 Å². The number of allylic oxidation sites excluding steroid dienone is 2. The molecule has 17 heavy (non-hydrogen) atoms. The number of ketones is 1.